The number of alkyl halides is 1. The molecule has 1 unspecified atom stereocenters. The van der Waals surface area contributed by atoms with Gasteiger partial charge in [-0.2, -0.15) is 0 Å². The molecule has 0 rings (SSSR count). The Labute approximate surface area is 59.3 Å². The first-order valence-electron chi connectivity index (χ1n) is 3.15. The van der Waals surface area contributed by atoms with Crippen molar-refractivity contribution in [3.63, 3.8) is 0 Å². The Bertz CT molecular complexity index is 116. The second kappa shape index (κ2) is 4.22. The third kappa shape index (κ3) is 2.77. The highest BCUT2D eigenvalue weighted by Crippen LogP contribution is 1.96. The number of nitrogens with two attached hydrogens (primary N) is 1. The summed E-state index contributed by atoms with van der Waals surface area (Å²) >= 11 is 0. The number of hydrogen-bond donors (Lipinski definition) is 1. The molecule has 0 aliphatic heterocycles. The highest BCUT2D eigenvalue weighted by molar-refractivity contribution is 5.76. The van der Waals surface area contributed by atoms with E-state index in [1.54, 1.807) is 6.92 Å². The zero-order valence-corrected chi connectivity index (χ0v) is 6.13. The molecule has 0 aromatic heterocycles. The fraction of sp³-hybridized carbons (Fsp3) is 0.833. The predicted molar refractivity (Wildman–Crippen MR) is 35.2 cm³/mol. The minimum atomic E-state index is -1.35. The van der Waals surface area contributed by atoms with E-state index in [9.17, 15) is 9.18 Å². The smallest absolute Gasteiger partial charge is 0.325 e. The first-order valence-corrected chi connectivity index (χ1v) is 3.15. The molecule has 0 amide bonds. The van der Waals surface area contributed by atoms with Gasteiger partial charge in [-0.1, -0.05) is 0 Å². The molecule has 0 saturated carbocycles. The van der Waals surface area contributed by atoms with Crippen LogP contribution in [0.3, 0.4) is 0 Å². The molecule has 0 fully saturated rings. The molecule has 0 aliphatic rings. The highest BCUT2D eigenvalue weighted by Gasteiger charge is 2.20. The van der Waals surface area contributed by atoms with Gasteiger partial charge in [0.25, 0.3) is 0 Å². The summed E-state index contributed by atoms with van der Waals surface area (Å²) < 4.78 is 16.7. The number of carbonyl (C=O) groups excluding carboxylic acids is 1. The van der Waals surface area contributed by atoms with Crippen molar-refractivity contribution in [2.24, 2.45) is 5.73 Å². The molecule has 0 aliphatic carbocycles. The van der Waals surface area contributed by atoms with Gasteiger partial charge >= 0.3 is 5.97 Å². The molecule has 10 heavy (non-hydrogen) atoms. The van der Waals surface area contributed by atoms with E-state index in [1.807, 2.05) is 0 Å². The second-order valence-electron chi connectivity index (χ2n) is 1.96. The lowest BCUT2D eigenvalue weighted by Crippen LogP contribution is -2.39. The summed E-state index contributed by atoms with van der Waals surface area (Å²) in [6.45, 7) is 3.11. The molecule has 0 bridgehead atoms. The van der Waals surface area contributed by atoms with Crippen molar-refractivity contribution in [2.45, 2.75) is 26.1 Å². The third-order valence-electron chi connectivity index (χ3n) is 1.05. The van der Waals surface area contributed by atoms with Gasteiger partial charge in [0.2, 0.25) is 0 Å². The van der Waals surface area contributed by atoms with Crippen LogP contribution >= 0.6 is 0 Å². The maximum atomic E-state index is 12.2. The summed E-state index contributed by atoms with van der Waals surface area (Å²) in [7, 11) is 0. The quantitative estimate of drug-likeness (QED) is 0.584. The van der Waals surface area contributed by atoms with Crippen LogP contribution in [0.4, 0.5) is 4.39 Å². The molecule has 0 saturated heterocycles. The second-order valence-corrected chi connectivity index (χ2v) is 1.96. The summed E-state index contributed by atoms with van der Waals surface area (Å²) in [5, 5.41) is 0. The predicted octanol–water partition coefficient (Wildman–Crippen LogP) is 0.235. The maximum Gasteiger partial charge on any atom is 0.325 e. The molecule has 0 spiro atoms. The Morgan fingerprint density at radius 3 is 2.60 bits per heavy atom. The van der Waals surface area contributed by atoms with Gasteiger partial charge in [-0.05, 0) is 13.8 Å². The monoisotopic (exact) mass is 149 g/mol. The largest absolute Gasteiger partial charge is 0.465 e. The Morgan fingerprint density at radius 2 is 2.30 bits per heavy atom. The molecular weight excluding hydrogens is 137 g/mol. The fourth-order valence-electron chi connectivity index (χ4n) is 0.426. The number of hydrogen-bond acceptors (Lipinski definition) is 3. The van der Waals surface area contributed by atoms with Gasteiger partial charge < -0.3 is 10.5 Å². The van der Waals surface area contributed by atoms with E-state index in [-0.39, 0.29) is 6.61 Å². The average molecular weight is 149 g/mol. The van der Waals surface area contributed by atoms with Crippen LogP contribution < -0.4 is 5.73 Å². The van der Waals surface area contributed by atoms with Crippen molar-refractivity contribution < 1.29 is 13.9 Å². The van der Waals surface area contributed by atoms with Crippen LogP contribution in [-0.2, 0) is 9.53 Å². The number of rotatable bonds is 3. The first-order chi connectivity index (χ1) is 4.59. The Morgan fingerprint density at radius 1 is 1.80 bits per heavy atom. The van der Waals surface area contributed by atoms with Crippen LogP contribution in [0.1, 0.15) is 13.8 Å². The summed E-state index contributed by atoms with van der Waals surface area (Å²) in [5.41, 5.74) is 5.10. The SMILES string of the molecule is CCOC(=O)[C@@H](N)C(C)F. The molecule has 4 heteroatoms. The van der Waals surface area contributed by atoms with E-state index in [1.165, 1.54) is 6.92 Å². The van der Waals surface area contributed by atoms with Gasteiger partial charge in [0.05, 0.1) is 6.61 Å². The van der Waals surface area contributed by atoms with Crippen LogP contribution in [-0.4, -0.2) is 24.8 Å². The lowest BCUT2D eigenvalue weighted by Gasteiger charge is -2.10. The van der Waals surface area contributed by atoms with Crippen molar-refractivity contribution in [1.82, 2.24) is 0 Å². The number of esters is 1. The summed E-state index contributed by atoms with van der Waals surface area (Å²) in [5.74, 6) is -0.683. The zero-order chi connectivity index (χ0) is 8.15. The molecule has 0 aromatic carbocycles. The lowest BCUT2D eigenvalue weighted by molar-refractivity contribution is -0.146. The van der Waals surface area contributed by atoms with Gasteiger partial charge in [0, 0.05) is 0 Å². The molecule has 2 atom stereocenters. The topological polar surface area (TPSA) is 52.3 Å². The van der Waals surface area contributed by atoms with E-state index in [2.05, 4.69) is 4.74 Å². The van der Waals surface area contributed by atoms with Crippen LogP contribution in [0, 0.1) is 0 Å². The van der Waals surface area contributed by atoms with Crippen LogP contribution in [0.5, 0.6) is 0 Å². The molecule has 2 N–H and O–H groups in total. The molecule has 60 valence electrons. The van der Waals surface area contributed by atoms with Crippen molar-refractivity contribution in [3.05, 3.63) is 0 Å². The Kier molecular flexibility index (Phi) is 3.95. The standard InChI is InChI=1S/C6H12FNO2/c1-3-10-6(9)5(8)4(2)7/h4-5H,3,8H2,1-2H3/t4?,5-/m0/s1. The van der Waals surface area contributed by atoms with E-state index in [0.717, 1.165) is 0 Å². The molecular formula is C6H12FNO2. The van der Waals surface area contributed by atoms with E-state index >= 15 is 0 Å². The molecule has 0 aromatic rings. The lowest BCUT2D eigenvalue weighted by atomic mass is 10.2. The minimum absolute atomic E-state index is 0.235. The minimum Gasteiger partial charge on any atom is -0.465 e. The van der Waals surface area contributed by atoms with Crippen molar-refractivity contribution >= 4 is 5.97 Å². The van der Waals surface area contributed by atoms with Crippen LogP contribution in [0.25, 0.3) is 0 Å². The number of ether oxygens (including phenoxy) is 1. The molecule has 3 nitrogen and oxygen atoms in total. The van der Waals surface area contributed by atoms with Gasteiger partial charge in [0.15, 0.2) is 0 Å². The normalized spacial score (nSPS) is 16.0. The van der Waals surface area contributed by atoms with E-state index in [0.29, 0.717) is 0 Å². The van der Waals surface area contributed by atoms with Crippen molar-refractivity contribution in [1.29, 1.82) is 0 Å². The van der Waals surface area contributed by atoms with Crippen molar-refractivity contribution in [3.8, 4) is 0 Å². The van der Waals surface area contributed by atoms with Gasteiger partial charge in [0.1, 0.15) is 12.2 Å². The third-order valence-corrected chi connectivity index (χ3v) is 1.05. The van der Waals surface area contributed by atoms with Gasteiger partial charge in [-0.25, -0.2) is 4.39 Å². The Balaban J connectivity index is 3.71. The van der Waals surface area contributed by atoms with Crippen LogP contribution in [0.15, 0.2) is 0 Å². The highest BCUT2D eigenvalue weighted by atomic mass is 19.1. The fourth-order valence-corrected chi connectivity index (χ4v) is 0.426. The number of halogens is 1. The van der Waals surface area contributed by atoms with E-state index < -0.39 is 18.2 Å². The maximum absolute atomic E-state index is 12.2. The summed E-state index contributed by atoms with van der Waals surface area (Å²) in [4.78, 5) is 10.6. The number of carbonyl (C=O) groups is 1. The van der Waals surface area contributed by atoms with E-state index in [4.69, 9.17) is 5.73 Å². The van der Waals surface area contributed by atoms with Gasteiger partial charge in [-0.3, -0.25) is 4.79 Å². The Hall–Kier alpha value is -0.640. The zero-order valence-electron chi connectivity index (χ0n) is 6.13. The van der Waals surface area contributed by atoms with Gasteiger partial charge in [-0.15, -0.1) is 0 Å². The summed E-state index contributed by atoms with van der Waals surface area (Å²) in [6, 6.07) is -1.14. The molecule has 0 heterocycles. The molecule has 0 radical (unpaired) electrons. The average Bonchev–Trinajstić information content (AvgIpc) is 1.87. The van der Waals surface area contributed by atoms with Crippen molar-refractivity contribution in [2.75, 3.05) is 6.61 Å². The van der Waals surface area contributed by atoms with Crippen LogP contribution in [0.2, 0.25) is 0 Å². The summed E-state index contributed by atoms with van der Waals surface area (Å²) in [6.07, 6.45) is -1.35. The first kappa shape index (κ1) is 9.36.